The second-order valence-electron chi connectivity index (χ2n) is 8.11. The summed E-state index contributed by atoms with van der Waals surface area (Å²) < 4.78 is 5.80. The Kier molecular flexibility index (Phi) is 10.3. The summed E-state index contributed by atoms with van der Waals surface area (Å²) in [5.41, 5.74) is 3.21. The molecule has 3 nitrogen and oxygen atoms in total. The van der Waals surface area contributed by atoms with Crippen molar-refractivity contribution in [3.05, 3.63) is 78.1 Å². The average molecular weight is 427 g/mol. The van der Waals surface area contributed by atoms with E-state index in [9.17, 15) is 0 Å². The van der Waals surface area contributed by atoms with Gasteiger partial charge in [0.15, 0.2) is 11.6 Å². The molecule has 0 N–H and O–H groups in total. The van der Waals surface area contributed by atoms with Crippen molar-refractivity contribution in [2.75, 3.05) is 6.61 Å². The van der Waals surface area contributed by atoms with Crippen LogP contribution in [-0.4, -0.2) is 16.6 Å². The number of rotatable bonds is 12. The predicted molar refractivity (Wildman–Crippen MR) is 133 cm³/mol. The molecule has 0 bridgehead atoms. The quantitative estimate of drug-likeness (QED) is 0.226. The van der Waals surface area contributed by atoms with Gasteiger partial charge in [-0.15, -0.1) is 0 Å². The summed E-state index contributed by atoms with van der Waals surface area (Å²) in [4.78, 5) is 8.93. The highest BCUT2D eigenvalue weighted by atomic mass is 16.5. The fourth-order valence-electron chi connectivity index (χ4n) is 3.51. The third-order valence-electron chi connectivity index (χ3n) is 5.41. The van der Waals surface area contributed by atoms with E-state index in [-0.39, 0.29) is 0 Å². The van der Waals surface area contributed by atoms with Crippen molar-refractivity contribution in [2.45, 2.75) is 64.7 Å². The van der Waals surface area contributed by atoms with Crippen LogP contribution in [0.2, 0.25) is 0 Å². The van der Waals surface area contributed by atoms with Crippen LogP contribution in [0.15, 0.2) is 67.0 Å². The highest BCUT2D eigenvalue weighted by Gasteiger charge is 2.02. The zero-order valence-corrected chi connectivity index (χ0v) is 19.2. The van der Waals surface area contributed by atoms with E-state index in [2.05, 4.69) is 40.9 Å². The third-order valence-corrected chi connectivity index (χ3v) is 5.41. The number of nitrogens with zero attached hydrogens (tertiary/aromatic N) is 2. The van der Waals surface area contributed by atoms with Crippen LogP contribution in [0, 0.1) is 11.8 Å². The Morgan fingerprint density at radius 2 is 1.41 bits per heavy atom. The highest BCUT2D eigenvalue weighted by molar-refractivity contribution is 5.56. The van der Waals surface area contributed by atoms with Crippen LogP contribution in [0.3, 0.4) is 0 Å². The summed E-state index contributed by atoms with van der Waals surface area (Å²) in [6.45, 7) is 2.99. The average Bonchev–Trinajstić information content (AvgIpc) is 2.85. The zero-order valence-electron chi connectivity index (χ0n) is 19.2. The molecule has 0 amide bonds. The maximum Gasteiger partial charge on any atom is 0.159 e. The van der Waals surface area contributed by atoms with Gasteiger partial charge in [0.1, 0.15) is 0 Å². The van der Waals surface area contributed by atoms with Gasteiger partial charge in [0.25, 0.3) is 0 Å². The van der Waals surface area contributed by atoms with Gasteiger partial charge in [0, 0.05) is 17.5 Å². The van der Waals surface area contributed by atoms with Crippen LogP contribution in [0.1, 0.15) is 69.4 Å². The normalized spacial score (nSPS) is 10.4. The second kappa shape index (κ2) is 14.0. The van der Waals surface area contributed by atoms with Gasteiger partial charge in [0.2, 0.25) is 0 Å². The number of aromatic nitrogens is 2. The molecule has 0 aliphatic heterocycles. The molecule has 2 aromatic carbocycles. The van der Waals surface area contributed by atoms with Gasteiger partial charge >= 0.3 is 0 Å². The minimum atomic E-state index is 0.702. The van der Waals surface area contributed by atoms with Crippen molar-refractivity contribution in [3.8, 4) is 29.0 Å². The molecule has 0 aliphatic carbocycles. The van der Waals surface area contributed by atoms with Crippen LogP contribution < -0.4 is 4.74 Å². The van der Waals surface area contributed by atoms with Crippen LogP contribution in [-0.2, 0) is 6.42 Å². The zero-order chi connectivity index (χ0) is 22.3. The highest BCUT2D eigenvalue weighted by Crippen LogP contribution is 2.17. The number of hydrogen-bond acceptors (Lipinski definition) is 3. The maximum atomic E-state index is 5.80. The molecule has 1 heterocycles. The minimum Gasteiger partial charge on any atom is -0.490 e. The molecule has 0 fully saturated rings. The molecule has 0 spiro atoms. The monoisotopic (exact) mass is 426 g/mol. The molecule has 166 valence electrons. The maximum absolute atomic E-state index is 5.80. The summed E-state index contributed by atoms with van der Waals surface area (Å²) in [5, 5.41) is 0. The van der Waals surface area contributed by atoms with E-state index in [1.807, 2.05) is 42.5 Å². The Balaban J connectivity index is 1.39. The van der Waals surface area contributed by atoms with Crippen molar-refractivity contribution in [1.29, 1.82) is 0 Å². The van der Waals surface area contributed by atoms with Gasteiger partial charge in [-0.05, 0) is 36.2 Å². The number of benzene rings is 2. The lowest BCUT2D eigenvalue weighted by Gasteiger charge is -2.06. The number of ether oxygens (including phenoxy) is 1. The molecular weight excluding hydrogens is 392 g/mol. The Labute approximate surface area is 193 Å². The van der Waals surface area contributed by atoms with Gasteiger partial charge < -0.3 is 4.74 Å². The lowest BCUT2D eigenvalue weighted by Crippen LogP contribution is -1.99. The number of hydrogen-bond donors (Lipinski definition) is 0. The van der Waals surface area contributed by atoms with E-state index in [1.54, 1.807) is 12.4 Å². The fourth-order valence-corrected chi connectivity index (χ4v) is 3.51. The second-order valence-corrected chi connectivity index (χ2v) is 8.11. The number of unbranched alkanes of at least 4 members (excludes halogenated alkanes) is 7. The van der Waals surface area contributed by atoms with Crippen LogP contribution >= 0.6 is 0 Å². The van der Waals surface area contributed by atoms with Crippen molar-refractivity contribution >= 4 is 0 Å². The molecule has 1 aromatic heterocycles. The summed E-state index contributed by atoms with van der Waals surface area (Å²) in [7, 11) is 0. The molecule has 0 aliphatic rings. The molecule has 0 saturated heterocycles. The van der Waals surface area contributed by atoms with E-state index >= 15 is 0 Å². The summed E-state index contributed by atoms with van der Waals surface area (Å²) >= 11 is 0. The first-order valence-electron chi connectivity index (χ1n) is 11.9. The molecule has 3 rings (SSSR count). The van der Waals surface area contributed by atoms with Gasteiger partial charge in [-0.25, -0.2) is 9.97 Å². The first-order valence-corrected chi connectivity index (χ1v) is 11.9. The smallest absolute Gasteiger partial charge is 0.159 e. The van der Waals surface area contributed by atoms with Crippen LogP contribution in [0.25, 0.3) is 11.4 Å². The molecule has 0 atom stereocenters. The Morgan fingerprint density at radius 3 is 2.09 bits per heavy atom. The van der Waals surface area contributed by atoms with E-state index in [4.69, 9.17) is 4.74 Å². The predicted octanol–water partition coefficient (Wildman–Crippen LogP) is 7.26. The molecule has 3 aromatic rings. The van der Waals surface area contributed by atoms with E-state index in [0.29, 0.717) is 5.82 Å². The molecule has 0 radical (unpaired) electrons. The van der Waals surface area contributed by atoms with Gasteiger partial charge in [0.05, 0.1) is 19.0 Å². The molecule has 3 heteroatoms. The molecule has 0 saturated carbocycles. The standard InChI is InChI=1S/C29H34N2O/c1-2-3-4-5-6-7-8-12-22-32-28-23-30-29(31-24-28)27-20-18-26(19-21-27)17-13-16-25-14-10-9-11-15-25/h9-11,14-15,18-21,23-24H,2-8,12,16,22H2,1H3. The van der Waals surface area contributed by atoms with Crippen molar-refractivity contribution in [2.24, 2.45) is 0 Å². The lowest BCUT2D eigenvalue weighted by atomic mass is 10.1. The van der Waals surface area contributed by atoms with Crippen LogP contribution in [0.5, 0.6) is 5.75 Å². The summed E-state index contributed by atoms with van der Waals surface area (Å²) in [6.07, 6.45) is 14.7. The van der Waals surface area contributed by atoms with E-state index < -0.39 is 0 Å². The van der Waals surface area contributed by atoms with Gasteiger partial charge in [-0.2, -0.15) is 0 Å². The molecular formula is C29H34N2O. The van der Waals surface area contributed by atoms with E-state index in [0.717, 1.165) is 36.3 Å². The first kappa shape index (κ1) is 23.5. The Hall–Kier alpha value is -3.12. The van der Waals surface area contributed by atoms with Crippen molar-refractivity contribution in [3.63, 3.8) is 0 Å². The topological polar surface area (TPSA) is 35.0 Å². The SMILES string of the molecule is CCCCCCCCCCOc1cnc(-c2ccc(C#CCc3ccccc3)cc2)nc1. The largest absolute Gasteiger partial charge is 0.490 e. The van der Waals surface area contributed by atoms with Crippen LogP contribution in [0.4, 0.5) is 0 Å². The minimum absolute atomic E-state index is 0.702. The third kappa shape index (κ3) is 8.55. The summed E-state index contributed by atoms with van der Waals surface area (Å²) in [5.74, 6) is 7.89. The lowest BCUT2D eigenvalue weighted by molar-refractivity contribution is 0.302. The van der Waals surface area contributed by atoms with Crippen molar-refractivity contribution in [1.82, 2.24) is 9.97 Å². The summed E-state index contributed by atoms with van der Waals surface area (Å²) in [6, 6.07) is 18.4. The van der Waals surface area contributed by atoms with Crippen molar-refractivity contribution < 1.29 is 4.74 Å². The Morgan fingerprint density at radius 1 is 0.750 bits per heavy atom. The van der Waals surface area contributed by atoms with Gasteiger partial charge in [-0.3, -0.25) is 0 Å². The fraction of sp³-hybridized carbons (Fsp3) is 0.379. The molecule has 0 unspecified atom stereocenters. The van der Waals surface area contributed by atoms with Gasteiger partial charge in [-0.1, -0.05) is 94.0 Å². The van der Waals surface area contributed by atoms with E-state index in [1.165, 1.54) is 50.5 Å². The first-order chi connectivity index (χ1) is 15.8. The Bertz CT molecular complexity index is 954. The molecule has 32 heavy (non-hydrogen) atoms.